The average Bonchev–Trinajstić information content (AvgIpc) is 3.37. The van der Waals surface area contributed by atoms with Crippen molar-refractivity contribution in [3.05, 3.63) is 68.8 Å². The smallest absolute Gasteiger partial charge is 0.341 e. The number of aryl methyl sites for hydroxylation is 1. The van der Waals surface area contributed by atoms with Crippen LogP contribution in [0.3, 0.4) is 0 Å². The van der Waals surface area contributed by atoms with Crippen LogP contribution >= 0.6 is 11.3 Å². The van der Waals surface area contributed by atoms with E-state index in [9.17, 15) is 19.7 Å². The first-order valence-electron chi connectivity index (χ1n) is 9.44. The van der Waals surface area contributed by atoms with E-state index < -0.39 is 23.4 Å². The van der Waals surface area contributed by atoms with Gasteiger partial charge < -0.3 is 19.3 Å². The van der Waals surface area contributed by atoms with Crippen LogP contribution in [0.4, 0.5) is 10.7 Å². The summed E-state index contributed by atoms with van der Waals surface area (Å²) in [5, 5.41) is 19.1. The predicted octanol–water partition coefficient (Wildman–Crippen LogP) is 4.39. The number of furan rings is 1. The van der Waals surface area contributed by atoms with E-state index >= 15 is 0 Å². The fraction of sp³-hybridized carbons (Fsp3) is 0.190. The van der Waals surface area contributed by atoms with Crippen molar-refractivity contribution < 1.29 is 28.5 Å². The van der Waals surface area contributed by atoms with Gasteiger partial charge in [-0.25, -0.2) is 4.79 Å². The van der Waals surface area contributed by atoms with Crippen LogP contribution in [0.15, 0.2) is 51.4 Å². The third-order valence-corrected chi connectivity index (χ3v) is 4.98. The minimum absolute atomic E-state index is 0.0848. The molecule has 32 heavy (non-hydrogen) atoms. The van der Waals surface area contributed by atoms with Gasteiger partial charge >= 0.3 is 5.97 Å². The number of rotatable bonds is 9. The Kier molecular flexibility index (Phi) is 7.34. The van der Waals surface area contributed by atoms with Crippen LogP contribution < -0.4 is 5.32 Å². The van der Waals surface area contributed by atoms with Crippen LogP contribution in [0.5, 0.6) is 0 Å². The Morgan fingerprint density at radius 2 is 2.12 bits per heavy atom. The number of carbonyl (C=O) groups is 2. The normalized spacial score (nSPS) is 10.8. The molecule has 0 saturated carbocycles. The molecule has 1 N–H and O–H groups in total. The lowest BCUT2D eigenvalue weighted by Gasteiger charge is -2.07. The molecule has 0 unspecified atom stereocenters. The second-order valence-electron chi connectivity index (χ2n) is 6.39. The molecule has 0 aliphatic heterocycles. The Bertz CT molecular complexity index is 1170. The lowest BCUT2D eigenvalue weighted by atomic mass is 10.1. The number of benzene rings is 1. The first-order valence-corrected chi connectivity index (χ1v) is 10.3. The molecule has 0 fully saturated rings. The number of ether oxygens (including phenoxy) is 1. The van der Waals surface area contributed by atoms with Crippen LogP contribution in [0.1, 0.15) is 28.6 Å². The van der Waals surface area contributed by atoms with E-state index in [1.54, 1.807) is 37.4 Å². The summed E-state index contributed by atoms with van der Waals surface area (Å²) in [4.78, 5) is 40.0. The summed E-state index contributed by atoms with van der Waals surface area (Å²) >= 11 is 1.15. The number of hydrogen-bond donors (Lipinski definition) is 1. The number of nitro groups is 1. The molecule has 2 aromatic heterocycles. The van der Waals surface area contributed by atoms with Crippen molar-refractivity contribution in [2.75, 3.05) is 18.5 Å². The minimum atomic E-state index is -0.585. The molecule has 0 atom stereocenters. The van der Waals surface area contributed by atoms with E-state index in [4.69, 9.17) is 14.0 Å². The van der Waals surface area contributed by atoms with Gasteiger partial charge in [0.25, 0.3) is 11.6 Å². The third kappa shape index (κ3) is 5.58. The van der Waals surface area contributed by atoms with E-state index in [1.165, 1.54) is 24.4 Å². The molecular weight excluding hydrogens is 438 g/mol. The third-order valence-electron chi connectivity index (χ3n) is 4.08. The van der Waals surface area contributed by atoms with Gasteiger partial charge in [-0.2, -0.15) is 0 Å². The summed E-state index contributed by atoms with van der Waals surface area (Å²) in [5.74, 6) is 0.0372. The average molecular weight is 457 g/mol. The highest BCUT2D eigenvalue weighted by Gasteiger charge is 2.24. The molecule has 10 nitrogen and oxygen atoms in total. The van der Waals surface area contributed by atoms with E-state index in [1.807, 2.05) is 0 Å². The zero-order valence-corrected chi connectivity index (χ0v) is 18.0. The van der Waals surface area contributed by atoms with Gasteiger partial charge in [0.15, 0.2) is 6.61 Å². The molecule has 0 saturated heterocycles. The summed E-state index contributed by atoms with van der Waals surface area (Å²) in [5.41, 5.74) is 1.07. The van der Waals surface area contributed by atoms with Gasteiger partial charge in [0.05, 0.1) is 17.7 Å². The fourth-order valence-electron chi connectivity index (χ4n) is 2.69. The molecule has 1 amide bonds. The van der Waals surface area contributed by atoms with Gasteiger partial charge in [-0.05, 0) is 26.0 Å². The van der Waals surface area contributed by atoms with Crippen molar-refractivity contribution in [2.45, 2.75) is 13.8 Å². The molecule has 0 aliphatic rings. The van der Waals surface area contributed by atoms with Gasteiger partial charge in [-0.3, -0.25) is 14.9 Å². The quantitative estimate of drug-likeness (QED) is 0.218. The van der Waals surface area contributed by atoms with E-state index in [-0.39, 0.29) is 17.9 Å². The van der Waals surface area contributed by atoms with Crippen molar-refractivity contribution in [2.24, 2.45) is 5.16 Å². The van der Waals surface area contributed by atoms with E-state index in [2.05, 4.69) is 10.5 Å². The molecule has 3 rings (SSSR count). The molecule has 11 heteroatoms. The van der Waals surface area contributed by atoms with Gasteiger partial charge in [0.2, 0.25) is 0 Å². The molecule has 2 heterocycles. The monoisotopic (exact) mass is 457 g/mol. The number of non-ortho nitro benzene ring substituents is 1. The highest BCUT2D eigenvalue weighted by Crippen LogP contribution is 2.37. The zero-order chi connectivity index (χ0) is 23.1. The molecule has 0 aliphatic carbocycles. The van der Waals surface area contributed by atoms with Crippen LogP contribution in [0, 0.1) is 17.0 Å². The SMILES string of the molecule is CCOC(=O)c1c(-c2ccc(C)o2)csc1NC(=O)CO/N=C\c1cccc([N+](=O)[O-])c1. The standard InChI is InChI=1S/C21H19N3O7S/c1-3-29-21(26)19-16(17-8-7-13(2)31-17)12-32-20(19)23-18(25)11-30-22-10-14-5-4-6-15(9-14)24(27)28/h4-10,12H,3,11H2,1-2H3,(H,23,25)/b22-10-. The lowest BCUT2D eigenvalue weighted by Crippen LogP contribution is -2.18. The number of nitrogens with zero attached hydrogens (tertiary/aromatic N) is 2. The summed E-state index contributed by atoms with van der Waals surface area (Å²) in [6.45, 7) is 3.22. The Hall–Kier alpha value is -3.99. The minimum Gasteiger partial charge on any atom is -0.462 e. The van der Waals surface area contributed by atoms with Crippen molar-refractivity contribution in [1.29, 1.82) is 0 Å². The van der Waals surface area contributed by atoms with E-state index in [0.29, 0.717) is 27.6 Å². The number of esters is 1. The summed E-state index contributed by atoms with van der Waals surface area (Å²) < 4.78 is 10.7. The number of nitro benzene ring substituents is 1. The highest BCUT2D eigenvalue weighted by molar-refractivity contribution is 7.15. The van der Waals surface area contributed by atoms with Crippen molar-refractivity contribution >= 4 is 40.1 Å². The second kappa shape index (κ2) is 10.4. The van der Waals surface area contributed by atoms with Crippen molar-refractivity contribution in [3.63, 3.8) is 0 Å². The Balaban J connectivity index is 1.67. The van der Waals surface area contributed by atoms with Crippen molar-refractivity contribution in [1.82, 2.24) is 0 Å². The van der Waals surface area contributed by atoms with E-state index in [0.717, 1.165) is 11.3 Å². The first-order chi connectivity index (χ1) is 15.4. The number of oxime groups is 1. The Morgan fingerprint density at radius 1 is 1.31 bits per heavy atom. The zero-order valence-electron chi connectivity index (χ0n) is 17.2. The van der Waals surface area contributed by atoms with Crippen molar-refractivity contribution in [3.8, 4) is 11.3 Å². The summed E-state index contributed by atoms with van der Waals surface area (Å²) in [6, 6.07) is 9.30. The van der Waals surface area contributed by atoms with Gasteiger partial charge in [-0.15, -0.1) is 11.3 Å². The second-order valence-corrected chi connectivity index (χ2v) is 7.27. The molecular formula is C21H19N3O7S. The van der Waals surface area contributed by atoms with Gasteiger partial charge in [-0.1, -0.05) is 17.3 Å². The Labute approximate surface area is 186 Å². The summed E-state index contributed by atoms with van der Waals surface area (Å²) in [7, 11) is 0. The molecule has 1 aromatic carbocycles. The number of hydrogen-bond acceptors (Lipinski definition) is 9. The maximum absolute atomic E-state index is 12.5. The maximum atomic E-state index is 12.5. The highest BCUT2D eigenvalue weighted by atomic mass is 32.1. The van der Waals surface area contributed by atoms with Gasteiger partial charge in [0, 0.05) is 28.6 Å². The molecule has 0 radical (unpaired) electrons. The first kappa shape index (κ1) is 22.7. The largest absolute Gasteiger partial charge is 0.462 e. The van der Waals surface area contributed by atoms with Crippen LogP contribution in [0.2, 0.25) is 0 Å². The number of nitrogens with one attached hydrogen (secondary N) is 1. The molecule has 0 bridgehead atoms. The van der Waals surface area contributed by atoms with Crippen LogP contribution in [-0.2, 0) is 14.4 Å². The lowest BCUT2D eigenvalue weighted by molar-refractivity contribution is -0.384. The van der Waals surface area contributed by atoms with Crippen LogP contribution in [0.25, 0.3) is 11.3 Å². The number of amides is 1. The Morgan fingerprint density at radius 3 is 2.81 bits per heavy atom. The number of thiophene rings is 1. The summed E-state index contributed by atoms with van der Waals surface area (Å²) in [6.07, 6.45) is 1.26. The molecule has 3 aromatic rings. The molecule has 166 valence electrons. The maximum Gasteiger partial charge on any atom is 0.341 e. The number of anilines is 1. The predicted molar refractivity (Wildman–Crippen MR) is 118 cm³/mol. The molecule has 0 spiro atoms. The fourth-order valence-corrected chi connectivity index (χ4v) is 3.65. The van der Waals surface area contributed by atoms with Crippen LogP contribution in [-0.4, -0.2) is 36.2 Å². The number of carbonyl (C=O) groups excluding carboxylic acids is 2. The topological polar surface area (TPSA) is 133 Å². The van der Waals surface area contributed by atoms with Gasteiger partial charge in [0.1, 0.15) is 22.1 Å².